The lowest BCUT2D eigenvalue weighted by Crippen LogP contribution is -2.54. The second-order valence-electron chi connectivity index (χ2n) is 8.61. The molecule has 11 heteroatoms. The van der Waals surface area contributed by atoms with E-state index in [2.05, 4.69) is 21.3 Å². The third kappa shape index (κ3) is 11.3. The Morgan fingerprint density at radius 2 is 1.80 bits per heavy atom. The molecular weight excluding hydrogens is 474 g/mol. The van der Waals surface area contributed by atoms with Crippen LogP contribution >= 0.6 is 11.6 Å². The highest BCUT2D eigenvalue weighted by molar-refractivity contribution is 6.17. The minimum Gasteiger partial charge on any atom is -0.450 e. The van der Waals surface area contributed by atoms with Crippen LogP contribution in [0.4, 0.5) is 15.3 Å². The van der Waals surface area contributed by atoms with Crippen molar-refractivity contribution in [3.63, 3.8) is 0 Å². The first-order valence-corrected chi connectivity index (χ1v) is 12.4. The van der Waals surface area contributed by atoms with E-state index in [4.69, 9.17) is 22.1 Å². The second-order valence-corrected chi connectivity index (χ2v) is 8.88. The SMILES string of the molecule is CCCCOC(=O)N[C@H](C(=O)N[C@@H](CCCNC(N)=O)C(=O)Nc1ccc(CCl)c(C)c1)C(C)C. The molecule has 10 nitrogen and oxygen atoms in total. The van der Waals surface area contributed by atoms with Crippen molar-refractivity contribution >= 4 is 41.2 Å². The fourth-order valence-corrected chi connectivity index (χ4v) is 3.51. The minimum atomic E-state index is -0.913. The van der Waals surface area contributed by atoms with Crippen LogP contribution in [0.25, 0.3) is 0 Å². The first-order chi connectivity index (χ1) is 16.6. The van der Waals surface area contributed by atoms with Crippen LogP contribution in [0.3, 0.4) is 0 Å². The zero-order chi connectivity index (χ0) is 26.4. The lowest BCUT2D eigenvalue weighted by molar-refractivity contribution is -0.128. The summed E-state index contributed by atoms with van der Waals surface area (Å²) in [5, 5.41) is 10.6. The van der Waals surface area contributed by atoms with Gasteiger partial charge in [0.25, 0.3) is 0 Å². The Labute approximate surface area is 212 Å². The molecule has 0 fully saturated rings. The summed E-state index contributed by atoms with van der Waals surface area (Å²) in [4.78, 5) is 49.1. The number of anilines is 1. The van der Waals surface area contributed by atoms with E-state index in [1.807, 2.05) is 19.9 Å². The number of rotatable bonds is 14. The first kappa shape index (κ1) is 30.0. The summed E-state index contributed by atoms with van der Waals surface area (Å²) < 4.78 is 5.11. The number of hydrogen-bond donors (Lipinski definition) is 5. The van der Waals surface area contributed by atoms with Gasteiger partial charge >= 0.3 is 12.1 Å². The molecule has 0 spiro atoms. The zero-order valence-corrected chi connectivity index (χ0v) is 21.7. The van der Waals surface area contributed by atoms with Crippen molar-refractivity contribution in [2.24, 2.45) is 11.7 Å². The highest BCUT2D eigenvalue weighted by atomic mass is 35.5. The Bertz CT molecular complexity index is 865. The predicted octanol–water partition coefficient (Wildman–Crippen LogP) is 3.16. The fraction of sp³-hybridized carbons (Fsp3) is 0.583. The van der Waals surface area contributed by atoms with E-state index in [9.17, 15) is 19.2 Å². The molecule has 0 aliphatic heterocycles. The van der Waals surface area contributed by atoms with Gasteiger partial charge in [0.15, 0.2) is 0 Å². The second kappa shape index (κ2) is 15.8. The summed E-state index contributed by atoms with van der Waals surface area (Å²) in [6, 6.07) is 2.88. The van der Waals surface area contributed by atoms with Gasteiger partial charge in [0.2, 0.25) is 11.8 Å². The maximum Gasteiger partial charge on any atom is 0.407 e. The van der Waals surface area contributed by atoms with Gasteiger partial charge < -0.3 is 31.7 Å². The summed E-state index contributed by atoms with van der Waals surface area (Å²) >= 11 is 5.91. The van der Waals surface area contributed by atoms with Crippen LogP contribution in [0.2, 0.25) is 0 Å². The number of halogens is 1. The molecule has 0 saturated heterocycles. The van der Waals surface area contributed by atoms with Crippen LogP contribution in [-0.2, 0) is 20.2 Å². The molecule has 0 aromatic heterocycles. The van der Waals surface area contributed by atoms with E-state index in [-0.39, 0.29) is 25.5 Å². The summed E-state index contributed by atoms with van der Waals surface area (Å²) in [5.41, 5.74) is 7.53. The fourth-order valence-electron chi connectivity index (χ4n) is 3.21. The number of amides is 5. The van der Waals surface area contributed by atoms with Gasteiger partial charge in [-0.2, -0.15) is 0 Å². The summed E-state index contributed by atoms with van der Waals surface area (Å²) in [6.07, 6.45) is 1.54. The number of benzene rings is 1. The van der Waals surface area contributed by atoms with Crippen molar-refractivity contribution in [2.45, 2.75) is 71.3 Å². The van der Waals surface area contributed by atoms with Gasteiger partial charge in [-0.3, -0.25) is 9.59 Å². The predicted molar refractivity (Wildman–Crippen MR) is 136 cm³/mol. The number of unbranched alkanes of at least 4 members (excludes halogenated alkanes) is 1. The molecule has 5 amide bonds. The monoisotopic (exact) mass is 511 g/mol. The maximum absolute atomic E-state index is 13.1. The number of aryl methyl sites for hydroxylation is 1. The van der Waals surface area contributed by atoms with Crippen molar-refractivity contribution in [1.82, 2.24) is 16.0 Å². The number of carbonyl (C=O) groups is 4. The molecule has 0 radical (unpaired) electrons. The Morgan fingerprint density at radius 1 is 1.09 bits per heavy atom. The van der Waals surface area contributed by atoms with Crippen molar-refractivity contribution in [3.8, 4) is 0 Å². The van der Waals surface area contributed by atoms with Crippen LogP contribution in [0.15, 0.2) is 18.2 Å². The van der Waals surface area contributed by atoms with E-state index in [1.165, 1.54) is 0 Å². The number of alkyl carbamates (subject to hydrolysis) is 1. The van der Waals surface area contributed by atoms with Gasteiger partial charge in [-0.1, -0.05) is 33.3 Å². The molecule has 0 unspecified atom stereocenters. The summed E-state index contributed by atoms with van der Waals surface area (Å²) in [5.74, 6) is -0.830. The van der Waals surface area contributed by atoms with E-state index in [1.54, 1.807) is 26.0 Å². The first-order valence-electron chi connectivity index (χ1n) is 11.8. The molecule has 1 rings (SSSR count). The Kier molecular flexibility index (Phi) is 13.6. The molecule has 2 atom stereocenters. The van der Waals surface area contributed by atoms with Gasteiger partial charge in [-0.05, 0) is 55.4 Å². The van der Waals surface area contributed by atoms with Crippen LogP contribution in [0.5, 0.6) is 0 Å². The smallest absolute Gasteiger partial charge is 0.407 e. The number of ether oxygens (including phenoxy) is 1. The Balaban J connectivity index is 2.92. The number of primary amides is 1. The van der Waals surface area contributed by atoms with E-state index >= 15 is 0 Å². The van der Waals surface area contributed by atoms with E-state index < -0.39 is 36.0 Å². The van der Waals surface area contributed by atoms with Crippen LogP contribution in [0, 0.1) is 12.8 Å². The van der Waals surface area contributed by atoms with Crippen LogP contribution < -0.4 is 27.0 Å². The number of nitrogens with two attached hydrogens (primary N) is 1. The van der Waals surface area contributed by atoms with E-state index in [0.717, 1.165) is 24.0 Å². The van der Waals surface area contributed by atoms with E-state index in [0.29, 0.717) is 18.0 Å². The Hall–Kier alpha value is -3.01. The zero-order valence-electron chi connectivity index (χ0n) is 20.9. The summed E-state index contributed by atoms with van der Waals surface area (Å²) in [7, 11) is 0. The van der Waals surface area contributed by atoms with Gasteiger partial charge in [0.05, 0.1) is 6.61 Å². The number of hydrogen-bond acceptors (Lipinski definition) is 5. The molecule has 196 valence electrons. The quantitative estimate of drug-likeness (QED) is 0.192. The number of alkyl halides is 1. The molecule has 35 heavy (non-hydrogen) atoms. The standard InChI is InChI=1S/C24H38ClN5O5/c1-5-6-12-35-24(34)30-20(15(2)3)22(32)29-19(8-7-11-27-23(26)33)21(31)28-18-10-9-17(14-25)16(4)13-18/h9-10,13,15,19-20H,5-8,11-12,14H2,1-4H3,(H,28,31)(H,29,32)(H,30,34)(H3,26,27,33)/t19-,20-/m0/s1. The molecular formula is C24H38ClN5O5. The minimum absolute atomic E-state index is 0.238. The van der Waals surface area contributed by atoms with Gasteiger partial charge in [-0.25, -0.2) is 9.59 Å². The molecule has 0 saturated carbocycles. The van der Waals surface area contributed by atoms with Crippen molar-refractivity contribution < 1.29 is 23.9 Å². The lowest BCUT2D eigenvalue weighted by atomic mass is 10.0. The molecule has 6 N–H and O–H groups in total. The number of nitrogens with one attached hydrogen (secondary N) is 4. The van der Waals surface area contributed by atoms with Crippen LogP contribution in [0.1, 0.15) is 57.6 Å². The third-order valence-electron chi connectivity index (χ3n) is 5.31. The maximum atomic E-state index is 13.1. The lowest BCUT2D eigenvalue weighted by Gasteiger charge is -2.25. The molecule has 0 bridgehead atoms. The highest BCUT2D eigenvalue weighted by Crippen LogP contribution is 2.17. The molecule has 1 aromatic rings. The van der Waals surface area contributed by atoms with Gasteiger partial charge in [0.1, 0.15) is 12.1 Å². The van der Waals surface area contributed by atoms with Gasteiger partial charge in [0, 0.05) is 18.1 Å². The average molecular weight is 512 g/mol. The van der Waals surface area contributed by atoms with Crippen molar-refractivity contribution in [3.05, 3.63) is 29.3 Å². The van der Waals surface area contributed by atoms with Gasteiger partial charge in [-0.15, -0.1) is 11.6 Å². The third-order valence-corrected chi connectivity index (χ3v) is 5.60. The molecule has 0 aliphatic rings. The largest absolute Gasteiger partial charge is 0.450 e. The number of urea groups is 1. The highest BCUT2D eigenvalue weighted by Gasteiger charge is 2.29. The Morgan fingerprint density at radius 3 is 2.37 bits per heavy atom. The normalized spacial score (nSPS) is 12.4. The topological polar surface area (TPSA) is 152 Å². The van der Waals surface area contributed by atoms with Crippen LogP contribution in [-0.4, -0.2) is 49.2 Å². The summed E-state index contributed by atoms with van der Waals surface area (Å²) in [6.45, 7) is 7.93. The average Bonchev–Trinajstić information content (AvgIpc) is 2.79. The van der Waals surface area contributed by atoms with Crippen molar-refractivity contribution in [1.29, 1.82) is 0 Å². The molecule has 1 aromatic carbocycles. The molecule has 0 heterocycles. The number of carbonyl (C=O) groups excluding carboxylic acids is 4. The molecule has 0 aliphatic carbocycles. The van der Waals surface area contributed by atoms with Crippen molar-refractivity contribution in [2.75, 3.05) is 18.5 Å².